The fourth-order valence-corrected chi connectivity index (χ4v) is 7.62. The van der Waals surface area contributed by atoms with E-state index in [9.17, 15) is 0 Å². The van der Waals surface area contributed by atoms with E-state index in [1.165, 1.54) is 43.8 Å². The van der Waals surface area contributed by atoms with Crippen molar-refractivity contribution in [3.63, 3.8) is 0 Å². The maximum atomic E-state index is 6.88. The van der Waals surface area contributed by atoms with Gasteiger partial charge in [0, 0.05) is 32.4 Å². The van der Waals surface area contributed by atoms with Crippen molar-refractivity contribution in [2.75, 3.05) is 39.6 Å². The minimum Gasteiger partial charge on any atom is -0.492 e. The lowest BCUT2D eigenvalue weighted by Gasteiger charge is -2.38. The monoisotopic (exact) mass is 666 g/mol. The molecule has 2 aliphatic rings. The molecule has 0 atom stereocenters. The normalized spacial score (nSPS) is 17.2. The second-order valence-electron chi connectivity index (χ2n) is 17.7. The summed E-state index contributed by atoms with van der Waals surface area (Å²) in [5.74, 6) is 1.90. The third kappa shape index (κ3) is 5.61. The van der Waals surface area contributed by atoms with E-state index in [4.69, 9.17) is 18.9 Å². The summed E-state index contributed by atoms with van der Waals surface area (Å²) >= 11 is 0. The molecule has 2 aliphatic heterocycles. The molecule has 4 heteroatoms. The molecule has 6 aromatic rings. The van der Waals surface area contributed by atoms with Crippen LogP contribution in [-0.4, -0.2) is 39.6 Å². The summed E-state index contributed by atoms with van der Waals surface area (Å²) < 4.78 is 25.0. The van der Waals surface area contributed by atoms with Crippen LogP contribution in [0.2, 0.25) is 0 Å². The Morgan fingerprint density at radius 2 is 0.820 bits per heavy atom. The molecule has 2 heterocycles. The Hall–Kier alpha value is -4.12. The summed E-state index contributed by atoms with van der Waals surface area (Å²) in [5, 5.41) is 9.33. The van der Waals surface area contributed by atoms with Crippen molar-refractivity contribution < 1.29 is 18.9 Å². The van der Waals surface area contributed by atoms with Crippen LogP contribution in [0.1, 0.15) is 66.5 Å². The van der Waals surface area contributed by atoms with Crippen molar-refractivity contribution in [1.29, 1.82) is 0 Å². The van der Waals surface area contributed by atoms with E-state index in [1.807, 2.05) is 0 Å². The zero-order valence-electron chi connectivity index (χ0n) is 31.0. The minimum absolute atomic E-state index is 0.0196. The number of benzene rings is 6. The molecule has 0 spiro atoms. The average Bonchev–Trinajstić information content (AvgIpc) is 3.06. The number of ether oxygens (including phenoxy) is 4. The summed E-state index contributed by atoms with van der Waals surface area (Å²) in [6, 6.07) is 31.7. The van der Waals surface area contributed by atoms with Gasteiger partial charge in [-0.2, -0.15) is 0 Å². The van der Waals surface area contributed by atoms with Gasteiger partial charge in [0.25, 0.3) is 0 Å². The molecule has 258 valence electrons. The molecule has 4 nitrogen and oxygen atoms in total. The molecule has 2 fully saturated rings. The molecule has 2 saturated heterocycles. The zero-order valence-corrected chi connectivity index (χ0v) is 31.0. The SMILES string of the molecule is CC1(COc2c3ccccc3c(-c3c4ccccc4c(OCC4(C)COC4)c4ccc(C(C)(C)C)cc34)c3cc(C(C)(C)C)ccc23)COC1. The Morgan fingerprint density at radius 1 is 0.480 bits per heavy atom. The van der Waals surface area contributed by atoms with Gasteiger partial charge in [-0.15, -0.1) is 0 Å². The highest BCUT2D eigenvalue weighted by Gasteiger charge is 2.36. The number of rotatable bonds is 7. The Labute approximate surface area is 296 Å². The molecule has 0 radical (unpaired) electrons. The number of hydrogen-bond acceptors (Lipinski definition) is 4. The van der Waals surface area contributed by atoms with Gasteiger partial charge in [-0.05, 0) is 66.8 Å². The summed E-state index contributed by atoms with van der Waals surface area (Å²) in [6.07, 6.45) is 0. The van der Waals surface area contributed by atoms with Gasteiger partial charge in [-0.25, -0.2) is 0 Å². The highest BCUT2D eigenvalue weighted by molar-refractivity contribution is 6.26. The second kappa shape index (κ2) is 11.7. The Morgan fingerprint density at radius 3 is 1.14 bits per heavy atom. The first-order valence-electron chi connectivity index (χ1n) is 18.1. The van der Waals surface area contributed by atoms with Gasteiger partial charge in [0.1, 0.15) is 11.5 Å². The third-order valence-electron chi connectivity index (χ3n) is 10.9. The van der Waals surface area contributed by atoms with Crippen molar-refractivity contribution >= 4 is 43.1 Å². The predicted octanol–water partition coefficient (Wildman–Crippen LogP) is 11.4. The van der Waals surface area contributed by atoms with E-state index >= 15 is 0 Å². The largest absolute Gasteiger partial charge is 0.492 e. The molecule has 0 bridgehead atoms. The van der Waals surface area contributed by atoms with Crippen LogP contribution in [0.25, 0.3) is 54.2 Å². The zero-order chi connectivity index (χ0) is 35.1. The molecule has 6 aromatic carbocycles. The van der Waals surface area contributed by atoms with Gasteiger partial charge in [0.05, 0.1) is 39.6 Å². The van der Waals surface area contributed by atoms with Gasteiger partial charge in [0.15, 0.2) is 0 Å². The lowest BCUT2D eigenvalue weighted by molar-refractivity contribution is -0.120. The lowest BCUT2D eigenvalue weighted by atomic mass is 9.80. The summed E-state index contributed by atoms with van der Waals surface area (Å²) in [7, 11) is 0. The Bertz CT molecular complexity index is 2110. The highest BCUT2D eigenvalue weighted by atomic mass is 16.5. The molecule has 0 N–H and O–H groups in total. The first kappa shape index (κ1) is 33.0. The van der Waals surface area contributed by atoms with Crippen LogP contribution >= 0.6 is 0 Å². The molecular formula is C46H50O4. The molecule has 0 aromatic heterocycles. The second-order valence-corrected chi connectivity index (χ2v) is 17.7. The fraction of sp³-hybridized carbons (Fsp3) is 0.391. The van der Waals surface area contributed by atoms with Crippen LogP contribution in [0, 0.1) is 10.8 Å². The van der Waals surface area contributed by atoms with Crippen LogP contribution in [-0.2, 0) is 20.3 Å². The lowest BCUT2D eigenvalue weighted by Crippen LogP contribution is -2.44. The van der Waals surface area contributed by atoms with E-state index in [1.54, 1.807) is 0 Å². The van der Waals surface area contributed by atoms with Crippen LogP contribution in [0.5, 0.6) is 11.5 Å². The average molecular weight is 667 g/mol. The minimum atomic E-state index is -0.0303. The smallest absolute Gasteiger partial charge is 0.135 e. The van der Waals surface area contributed by atoms with Crippen molar-refractivity contribution in [2.45, 2.75) is 66.2 Å². The maximum absolute atomic E-state index is 6.88. The van der Waals surface area contributed by atoms with Gasteiger partial charge in [-0.1, -0.05) is 128 Å². The van der Waals surface area contributed by atoms with Crippen molar-refractivity contribution in [3.8, 4) is 22.6 Å². The number of fused-ring (bicyclic) bond motifs is 4. The Balaban J connectivity index is 1.50. The van der Waals surface area contributed by atoms with E-state index in [2.05, 4.69) is 140 Å². The predicted molar refractivity (Wildman–Crippen MR) is 208 cm³/mol. The van der Waals surface area contributed by atoms with Gasteiger partial charge >= 0.3 is 0 Å². The van der Waals surface area contributed by atoms with E-state index in [0.717, 1.165) is 59.5 Å². The van der Waals surface area contributed by atoms with Gasteiger partial charge in [0.2, 0.25) is 0 Å². The topological polar surface area (TPSA) is 36.9 Å². The summed E-state index contributed by atoms with van der Waals surface area (Å²) in [6.45, 7) is 22.4. The summed E-state index contributed by atoms with van der Waals surface area (Å²) in [5.41, 5.74) is 5.06. The van der Waals surface area contributed by atoms with E-state index in [-0.39, 0.29) is 21.7 Å². The molecule has 0 unspecified atom stereocenters. The molecule has 0 saturated carbocycles. The highest BCUT2D eigenvalue weighted by Crippen LogP contribution is 2.51. The maximum Gasteiger partial charge on any atom is 0.135 e. The fourth-order valence-electron chi connectivity index (χ4n) is 7.62. The van der Waals surface area contributed by atoms with Crippen molar-refractivity contribution in [2.24, 2.45) is 10.8 Å². The summed E-state index contributed by atoms with van der Waals surface area (Å²) in [4.78, 5) is 0. The van der Waals surface area contributed by atoms with E-state index < -0.39 is 0 Å². The molecule has 0 amide bonds. The van der Waals surface area contributed by atoms with Gasteiger partial charge in [-0.3, -0.25) is 0 Å². The van der Waals surface area contributed by atoms with Crippen LogP contribution in [0.4, 0.5) is 0 Å². The van der Waals surface area contributed by atoms with Crippen molar-refractivity contribution in [1.82, 2.24) is 0 Å². The van der Waals surface area contributed by atoms with E-state index in [0.29, 0.717) is 13.2 Å². The van der Waals surface area contributed by atoms with Crippen LogP contribution in [0.3, 0.4) is 0 Å². The van der Waals surface area contributed by atoms with Crippen LogP contribution < -0.4 is 9.47 Å². The molecule has 0 aliphatic carbocycles. The number of hydrogen-bond donors (Lipinski definition) is 0. The first-order chi connectivity index (χ1) is 23.7. The van der Waals surface area contributed by atoms with Gasteiger partial charge < -0.3 is 18.9 Å². The molecule has 8 rings (SSSR count). The van der Waals surface area contributed by atoms with Crippen LogP contribution in [0.15, 0.2) is 84.9 Å². The van der Waals surface area contributed by atoms with Crippen molar-refractivity contribution in [3.05, 3.63) is 96.1 Å². The third-order valence-corrected chi connectivity index (χ3v) is 10.9. The first-order valence-corrected chi connectivity index (χ1v) is 18.1. The molecular weight excluding hydrogens is 617 g/mol. The Kier molecular flexibility index (Phi) is 7.74. The molecule has 50 heavy (non-hydrogen) atoms. The standard InChI is InChI=1S/C46H50O4/c1-43(2,3)29-17-19-35-37(21-29)39(31-13-9-11-15-33(31)41(35)49-27-45(7)23-47-24-45)40-32-14-10-12-16-34(32)42(50-28-46(8)25-48-26-46)36-20-18-30(22-38(36)40)44(4,5)6/h9-22H,23-28H2,1-8H3. The quantitative estimate of drug-likeness (QED) is 0.159.